The van der Waals surface area contributed by atoms with Crippen molar-refractivity contribution in [2.75, 3.05) is 7.11 Å². The van der Waals surface area contributed by atoms with E-state index >= 15 is 0 Å². The number of hydrazine groups is 1. The Morgan fingerprint density at radius 3 is 2.00 bits per heavy atom. The summed E-state index contributed by atoms with van der Waals surface area (Å²) in [5.41, 5.74) is 5.62. The number of benzene rings is 2. The highest BCUT2D eigenvalue weighted by Gasteiger charge is 2.07. The molecular formula is C18H24N2O. The Balaban J connectivity index is 1.79. The molecule has 0 saturated carbocycles. The van der Waals surface area contributed by atoms with Crippen LogP contribution in [0.25, 0.3) is 0 Å². The Hall–Kier alpha value is -1.84. The normalized spacial score (nSPS) is 12.1. The van der Waals surface area contributed by atoms with Crippen LogP contribution >= 0.6 is 0 Å². The molecule has 2 aromatic carbocycles. The van der Waals surface area contributed by atoms with Crippen molar-refractivity contribution >= 4 is 0 Å². The van der Waals surface area contributed by atoms with E-state index in [4.69, 9.17) is 10.6 Å². The molecule has 0 aliphatic rings. The zero-order chi connectivity index (χ0) is 14.9. The van der Waals surface area contributed by atoms with Crippen molar-refractivity contribution in [3.63, 3.8) is 0 Å². The fraction of sp³-hybridized carbons (Fsp3) is 0.333. The summed E-state index contributed by atoms with van der Waals surface area (Å²) < 4.78 is 5.17. The Labute approximate surface area is 127 Å². The predicted octanol–water partition coefficient (Wildman–Crippen LogP) is 3.09. The van der Waals surface area contributed by atoms with Crippen molar-refractivity contribution in [1.29, 1.82) is 0 Å². The average molecular weight is 284 g/mol. The van der Waals surface area contributed by atoms with E-state index in [1.807, 2.05) is 18.2 Å². The van der Waals surface area contributed by atoms with Crippen LogP contribution in [-0.2, 0) is 12.8 Å². The minimum Gasteiger partial charge on any atom is -0.497 e. The minimum absolute atomic E-state index is 0.340. The lowest BCUT2D eigenvalue weighted by Crippen LogP contribution is -2.35. The molecule has 0 saturated heterocycles. The van der Waals surface area contributed by atoms with Crippen LogP contribution in [0.15, 0.2) is 54.6 Å². The highest BCUT2D eigenvalue weighted by Crippen LogP contribution is 2.14. The van der Waals surface area contributed by atoms with Crippen molar-refractivity contribution < 1.29 is 4.74 Å². The first-order valence-electron chi connectivity index (χ1n) is 7.45. The third kappa shape index (κ3) is 5.21. The van der Waals surface area contributed by atoms with Gasteiger partial charge in [0, 0.05) is 6.04 Å². The van der Waals surface area contributed by atoms with E-state index in [-0.39, 0.29) is 0 Å². The summed E-state index contributed by atoms with van der Waals surface area (Å²) in [4.78, 5) is 0. The van der Waals surface area contributed by atoms with E-state index in [2.05, 4.69) is 41.8 Å². The van der Waals surface area contributed by atoms with Crippen LogP contribution in [0.3, 0.4) is 0 Å². The summed E-state index contributed by atoms with van der Waals surface area (Å²) in [5, 5.41) is 0. The Morgan fingerprint density at radius 2 is 1.48 bits per heavy atom. The first-order chi connectivity index (χ1) is 10.3. The molecule has 0 aromatic heterocycles. The lowest BCUT2D eigenvalue weighted by Gasteiger charge is -2.16. The Morgan fingerprint density at radius 1 is 0.905 bits per heavy atom. The van der Waals surface area contributed by atoms with Gasteiger partial charge in [0.15, 0.2) is 0 Å². The van der Waals surface area contributed by atoms with E-state index in [1.165, 1.54) is 11.1 Å². The topological polar surface area (TPSA) is 47.3 Å². The van der Waals surface area contributed by atoms with Gasteiger partial charge in [-0.05, 0) is 48.9 Å². The standard InChI is InChI=1S/C18H24N2O/c1-21-18-13-9-16(10-14-18)8-12-17(20-19)11-7-15-5-3-2-4-6-15/h2-6,9-10,13-14,17,20H,7-8,11-12,19H2,1H3. The van der Waals surface area contributed by atoms with Crippen LogP contribution in [0.5, 0.6) is 5.75 Å². The highest BCUT2D eigenvalue weighted by atomic mass is 16.5. The van der Waals surface area contributed by atoms with E-state index < -0.39 is 0 Å². The molecule has 1 atom stereocenters. The van der Waals surface area contributed by atoms with Crippen molar-refractivity contribution in [3.8, 4) is 5.75 Å². The molecule has 2 aromatic rings. The van der Waals surface area contributed by atoms with E-state index in [9.17, 15) is 0 Å². The molecule has 0 bridgehead atoms. The van der Waals surface area contributed by atoms with Gasteiger partial charge >= 0.3 is 0 Å². The highest BCUT2D eigenvalue weighted by molar-refractivity contribution is 5.27. The van der Waals surface area contributed by atoms with Crippen molar-refractivity contribution in [1.82, 2.24) is 5.43 Å². The third-order valence-electron chi connectivity index (χ3n) is 3.80. The maximum absolute atomic E-state index is 5.68. The monoisotopic (exact) mass is 284 g/mol. The SMILES string of the molecule is COc1ccc(CCC(CCc2ccccc2)NN)cc1. The van der Waals surface area contributed by atoms with Crippen molar-refractivity contribution in [2.24, 2.45) is 5.84 Å². The van der Waals surface area contributed by atoms with Gasteiger partial charge in [-0.1, -0.05) is 42.5 Å². The Kier molecular flexibility index (Phi) is 6.25. The number of aryl methyl sites for hydroxylation is 2. The molecule has 2 rings (SSSR count). The summed E-state index contributed by atoms with van der Waals surface area (Å²) in [6, 6.07) is 19.1. The van der Waals surface area contributed by atoms with Gasteiger partial charge in [0.2, 0.25) is 0 Å². The molecule has 0 spiro atoms. The third-order valence-corrected chi connectivity index (χ3v) is 3.80. The fourth-order valence-corrected chi connectivity index (χ4v) is 2.43. The number of methoxy groups -OCH3 is 1. The van der Waals surface area contributed by atoms with Gasteiger partial charge in [0.05, 0.1) is 7.11 Å². The van der Waals surface area contributed by atoms with E-state index in [0.717, 1.165) is 31.4 Å². The molecule has 0 fully saturated rings. The van der Waals surface area contributed by atoms with Crippen LogP contribution < -0.4 is 16.0 Å². The molecule has 0 amide bonds. The number of nitrogens with one attached hydrogen (secondary N) is 1. The molecule has 21 heavy (non-hydrogen) atoms. The molecule has 1 unspecified atom stereocenters. The number of hydrogen-bond donors (Lipinski definition) is 2. The number of nitrogens with two attached hydrogens (primary N) is 1. The van der Waals surface area contributed by atoms with Gasteiger partial charge < -0.3 is 4.74 Å². The molecule has 0 heterocycles. The molecule has 0 aliphatic heterocycles. The van der Waals surface area contributed by atoms with Gasteiger partial charge in [0.25, 0.3) is 0 Å². The predicted molar refractivity (Wildman–Crippen MR) is 87.2 cm³/mol. The molecule has 3 heteroatoms. The zero-order valence-corrected chi connectivity index (χ0v) is 12.6. The van der Waals surface area contributed by atoms with Crippen LogP contribution in [-0.4, -0.2) is 13.2 Å². The second-order valence-corrected chi connectivity index (χ2v) is 5.27. The van der Waals surface area contributed by atoms with Crippen molar-refractivity contribution in [2.45, 2.75) is 31.7 Å². The molecule has 3 nitrogen and oxygen atoms in total. The van der Waals surface area contributed by atoms with Crippen molar-refractivity contribution in [3.05, 3.63) is 65.7 Å². The number of ether oxygens (including phenoxy) is 1. The first kappa shape index (κ1) is 15.5. The maximum atomic E-state index is 5.68. The minimum atomic E-state index is 0.340. The van der Waals surface area contributed by atoms with Gasteiger partial charge in [0.1, 0.15) is 5.75 Å². The van der Waals surface area contributed by atoms with Crippen LogP contribution in [0.2, 0.25) is 0 Å². The van der Waals surface area contributed by atoms with E-state index in [0.29, 0.717) is 6.04 Å². The maximum Gasteiger partial charge on any atom is 0.118 e. The van der Waals surface area contributed by atoms with Gasteiger partial charge in [-0.15, -0.1) is 0 Å². The molecule has 3 N–H and O–H groups in total. The van der Waals surface area contributed by atoms with Gasteiger partial charge in [-0.3, -0.25) is 11.3 Å². The summed E-state index contributed by atoms with van der Waals surface area (Å²) in [6.07, 6.45) is 4.16. The zero-order valence-electron chi connectivity index (χ0n) is 12.6. The second kappa shape index (κ2) is 8.45. The van der Waals surface area contributed by atoms with Crippen LogP contribution in [0, 0.1) is 0 Å². The summed E-state index contributed by atoms with van der Waals surface area (Å²) >= 11 is 0. The fourth-order valence-electron chi connectivity index (χ4n) is 2.43. The quantitative estimate of drug-likeness (QED) is 0.578. The molecule has 0 aliphatic carbocycles. The average Bonchev–Trinajstić information content (AvgIpc) is 2.56. The number of hydrogen-bond acceptors (Lipinski definition) is 3. The largest absolute Gasteiger partial charge is 0.497 e. The van der Waals surface area contributed by atoms with Crippen LogP contribution in [0.4, 0.5) is 0 Å². The van der Waals surface area contributed by atoms with E-state index in [1.54, 1.807) is 7.11 Å². The van der Waals surface area contributed by atoms with Crippen LogP contribution in [0.1, 0.15) is 24.0 Å². The Bertz CT molecular complexity index is 511. The lowest BCUT2D eigenvalue weighted by molar-refractivity contribution is 0.414. The number of rotatable bonds is 8. The summed E-state index contributed by atoms with van der Waals surface area (Å²) in [6.45, 7) is 0. The molecule has 112 valence electrons. The molecular weight excluding hydrogens is 260 g/mol. The smallest absolute Gasteiger partial charge is 0.118 e. The van der Waals surface area contributed by atoms with Gasteiger partial charge in [-0.2, -0.15) is 0 Å². The summed E-state index contributed by atoms with van der Waals surface area (Å²) in [7, 11) is 1.69. The second-order valence-electron chi connectivity index (χ2n) is 5.27. The lowest BCUT2D eigenvalue weighted by atomic mass is 9.99. The molecule has 0 radical (unpaired) electrons. The first-order valence-corrected chi connectivity index (χ1v) is 7.45. The summed E-state index contributed by atoms with van der Waals surface area (Å²) in [5.74, 6) is 6.58. The van der Waals surface area contributed by atoms with Gasteiger partial charge in [-0.25, -0.2) is 0 Å².